The van der Waals surface area contributed by atoms with Crippen LogP contribution in [0.3, 0.4) is 0 Å². The number of rotatable bonds is 4. The number of aromatic nitrogens is 2. The van der Waals surface area contributed by atoms with E-state index in [1.807, 2.05) is 27.0 Å². The standard InChI is InChI=1S/C13H22N4O2/c1-9-4-12(14-3)16-13(15-9)7-17-5-10(2)19-11(6-17)8-18/h4,10-11,18H,5-8H2,1-3H3,(H,14,15,16). The van der Waals surface area contributed by atoms with E-state index in [4.69, 9.17) is 4.74 Å². The predicted octanol–water partition coefficient (Wildman–Crippen LogP) is 0.408. The van der Waals surface area contributed by atoms with Gasteiger partial charge in [-0.1, -0.05) is 0 Å². The van der Waals surface area contributed by atoms with Crippen molar-refractivity contribution in [3.63, 3.8) is 0 Å². The Hall–Kier alpha value is -1.24. The maximum atomic E-state index is 9.23. The summed E-state index contributed by atoms with van der Waals surface area (Å²) in [6, 6.07) is 1.92. The highest BCUT2D eigenvalue weighted by molar-refractivity contribution is 5.34. The van der Waals surface area contributed by atoms with Crippen LogP contribution in [-0.2, 0) is 11.3 Å². The smallest absolute Gasteiger partial charge is 0.144 e. The fraction of sp³-hybridized carbons (Fsp3) is 0.692. The molecule has 0 aromatic carbocycles. The Morgan fingerprint density at radius 3 is 2.95 bits per heavy atom. The molecule has 0 amide bonds. The maximum absolute atomic E-state index is 9.23. The Morgan fingerprint density at radius 2 is 2.26 bits per heavy atom. The number of nitrogens with zero attached hydrogens (tertiary/aromatic N) is 3. The van der Waals surface area contributed by atoms with Gasteiger partial charge in [-0.25, -0.2) is 9.97 Å². The summed E-state index contributed by atoms with van der Waals surface area (Å²) < 4.78 is 5.63. The van der Waals surface area contributed by atoms with Crippen LogP contribution in [-0.4, -0.2) is 58.9 Å². The molecule has 0 bridgehead atoms. The number of morpholine rings is 1. The number of ether oxygens (including phenoxy) is 1. The minimum absolute atomic E-state index is 0.0529. The molecular formula is C13H22N4O2. The van der Waals surface area contributed by atoms with E-state index in [0.717, 1.165) is 23.9 Å². The van der Waals surface area contributed by atoms with Gasteiger partial charge >= 0.3 is 0 Å². The molecule has 2 unspecified atom stereocenters. The van der Waals surface area contributed by atoms with Gasteiger partial charge in [0.1, 0.15) is 11.6 Å². The Kier molecular flexibility index (Phi) is 4.68. The third-order valence-electron chi connectivity index (χ3n) is 3.13. The van der Waals surface area contributed by atoms with E-state index < -0.39 is 0 Å². The van der Waals surface area contributed by atoms with Crippen molar-refractivity contribution < 1.29 is 9.84 Å². The quantitative estimate of drug-likeness (QED) is 0.822. The van der Waals surface area contributed by atoms with Gasteiger partial charge in [0.2, 0.25) is 0 Å². The topological polar surface area (TPSA) is 70.5 Å². The van der Waals surface area contributed by atoms with Gasteiger partial charge < -0.3 is 15.2 Å². The number of aliphatic hydroxyl groups is 1. The van der Waals surface area contributed by atoms with Crippen LogP contribution in [0.15, 0.2) is 6.07 Å². The lowest BCUT2D eigenvalue weighted by Crippen LogP contribution is -2.47. The van der Waals surface area contributed by atoms with Crippen LogP contribution < -0.4 is 5.32 Å². The highest BCUT2D eigenvalue weighted by atomic mass is 16.5. The second-order valence-electron chi connectivity index (χ2n) is 5.01. The summed E-state index contributed by atoms with van der Waals surface area (Å²) in [5.41, 5.74) is 0.953. The van der Waals surface area contributed by atoms with E-state index in [0.29, 0.717) is 13.1 Å². The molecule has 0 aliphatic carbocycles. The minimum Gasteiger partial charge on any atom is -0.394 e. The van der Waals surface area contributed by atoms with Crippen LogP contribution in [0, 0.1) is 6.92 Å². The van der Waals surface area contributed by atoms with Gasteiger partial charge in [-0.05, 0) is 13.8 Å². The van der Waals surface area contributed by atoms with Crippen molar-refractivity contribution in [2.45, 2.75) is 32.6 Å². The Morgan fingerprint density at radius 1 is 1.47 bits per heavy atom. The third kappa shape index (κ3) is 3.86. The molecule has 6 heteroatoms. The fourth-order valence-corrected chi connectivity index (χ4v) is 2.40. The van der Waals surface area contributed by atoms with Crippen LogP contribution in [0.2, 0.25) is 0 Å². The van der Waals surface area contributed by atoms with Gasteiger partial charge in [0.05, 0.1) is 25.4 Å². The lowest BCUT2D eigenvalue weighted by molar-refractivity contribution is -0.0977. The summed E-state index contributed by atoms with van der Waals surface area (Å²) in [6.45, 7) is 6.27. The van der Waals surface area contributed by atoms with E-state index in [1.54, 1.807) is 0 Å². The van der Waals surface area contributed by atoms with E-state index >= 15 is 0 Å². The number of hydrogen-bond donors (Lipinski definition) is 2. The molecule has 0 radical (unpaired) electrons. The van der Waals surface area contributed by atoms with Crippen molar-refractivity contribution in [3.8, 4) is 0 Å². The average Bonchev–Trinajstić information content (AvgIpc) is 2.37. The number of aliphatic hydroxyl groups excluding tert-OH is 1. The zero-order chi connectivity index (χ0) is 13.8. The highest BCUT2D eigenvalue weighted by Crippen LogP contribution is 2.14. The molecule has 1 saturated heterocycles. The molecule has 2 rings (SSSR count). The molecule has 2 N–H and O–H groups in total. The summed E-state index contributed by atoms with van der Waals surface area (Å²) >= 11 is 0. The average molecular weight is 266 g/mol. The summed E-state index contributed by atoms with van der Waals surface area (Å²) in [6.07, 6.45) is 0.0109. The second-order valence-corrected chi connectivity index (χ2v) is 5.01. The van der Waals surface area contributed by atoms with Crippen molar-refractivity contribution >= 4 is 5.82 Å². The summed E-state index contributed by atoms with van der Waals surface area (Å²) in [4.78, 5) is 11.1. The molecule has 0 spiro atoms. The Labute approximate surface area is 113 Å². The van der Waals surface area contributed by atoms with Crippen molar-refractivity contribution in [2.24, 2.45) is 0 Å². The van der Waals surface area contributed by atoms with Crippen LogP contribution in [0.25, 0.3) is 0 Å². The van der Waals surface area contributed by atoms with E-state index in [2.05, 4.69) is 20.2 Å². The number of anilines is 1. The van der Waals surface area contributed by atoms with Crippen molar-refractivity contribution in [1.82, 2.24) is 14.9 Å². The summed E-state index contributed by atoms with van der Waals surface area (Å²) in [5.74, 6) is 1.64. The maximum Gasteiger partial charge on any atom is 0.144 e. The number of nitrogens with one attached hydrogen (secondary N) is 1. The molecular weight excluding hydrogens is 244 g/mol. The van der Waals surface area contributed by atoms with Crippen LogP contribution in [0.4, 0.5) is 5.82 Å². The zero-order valence-corrected chi connectivity index (χ0v) is 11.8. The van der Waals surface area contributed by atoms with E-state index in [9.17, 15) is 5.11 Å². The van der Waals surface area contributed by atoms with Gasteiger partial charge in [-0.15, -0.1) is 0 Å². The van der Waals surface area contributed by atoms with Crippen LogP contribution in [0.1, 0.15) is 18.4 Å². The first-order chi connectivity index (χ1) is 9.10. The van der Waals surface area contributed by atoms with Gasteiger partial charge in [0, 0.05) is 31.9 Å². The van der Waals surface area contributed by atoms with E-state index in [-0.39, 0.29) is 18.8 Å². The van der Waals surface area contributed by atoms with Crippen LogP contribution in [0.5, 0.6) is 0 Å². The lowest BCUT2D eigenvalue weighted by Gasteiger charge is -2.35. The van der Waals surface area contributed by atoms with Crippen molar-refractivity contribution in [1.29, 1.82) is 0 Å². The molecule has 0 saturated carbocycles. The fourth-order valence-electron chi connectivity index (χ4n) is 2.40. The summed E-state index contributed by atoms with van der Waals surface area (Å²) in [7, 11) is 1.85. The highest BCUT2D eigenvalue weighted by Gasteiger charge is 2.25. The lowest BCUT2D eigenvalue weighted by atomic mass is 10.2. The molecule has 2 atom stereocenters. The van der Waals surface area contributed by atoms with Gasteiger partial charge in [0.25, 0.3) is 0 Å². The molecule has 19 heavy (non-hydrogen) atoms. The van der Waals surface area contributed by atoms with Gasteiger partial charge in [-0.2, -0.15) is 0 Å². The number of aryl methyl sites for hydroxylation is 1. The molecule has 1 aliphatic rings. The number of hydrogen-bond acceptors (Lipinski definition) is 6. The van der Waals surface area contributed by atoms with Crippen LogP contribution >= 0.6 is 0 Å². The van der Waals surface area contributed by atoms with Crippen molar-refractivity contribution in [3.05, 3.63) is 17.6 Å². The Balaban J connectivity index is 2.05. The normalized spacial score (nSPS) is 24.4. The first kappa shape index (κ1) is 14.2. The second kappa shape index (κ2) is 6.27. The molecule has 2 heterocycles. The molecule has 1 fully saturated rings. The van der Waals surface area contributed by atoms with E-state index in [1.165, 1.54) is 0 Å². The first-order valence-corrected chi connectivity index (χ1v) is 6.61. The monoisotopic (exact) mass is 266 g/mol. The minimum atomic E-state index is -0.114. The van der Waals surface area contributed by atoms with Gasteiger partial charge in [0.15, 0.2) is 0 Å². The predicted molar refractivity (Wildman–Crippen MR) is 73.0 cm³/mol. The molecule has 1 aliphatic heterocycles. The SMILES string of the molecule is CNc1cc(C)nc(CN2CC(C)OC(CO)C2)n1. The van der Waals surface area contributed by atoms with Crippen molar-refractivity contribution in [2.75, 3.05) is 32.1 Å². The Bertz CT molecular complexity index is 427. The van der Waals surface area contributed by atoms with Gasteiger partial charge in [-0.3, -0.25) is 4.90 Å². The molecule has 1 aromatic heterocycles. The molecule has 1 aromatic rings. The molecule has 6 nitrogen and oxygen atoms in total. The summed E-state index contributed by atoms with van der Waals surface area (Å²) in [5, 5.41) is 12.3. The zero-order valence-electron chi connectivity index (χ0n) is 11.8. The molecule has 106 valence electrons. The largest absolute Gasteiger partial charge is 0.394 e. The first-order valence-electron chi connectivity index (χ1n) is 6.61. The third-order valence-corrected chi connectivity index (χ3v) is 3.13.